The van der Waals surface area contributed by atoms with Gasteiger partial charge in [0, 0.05) is 24.0 Å². The fourth-order valence-corrected chi connectivity index (χ4v) is 4.12. The van der Waals surface area contributed by atoms with Gasteiger partial charge in [-0.05, 0) is 30.5 Å². The summed E-state index contributed by atoms with van der Waals surface area (Å²) in [5.41, 5.74) is 1.00. The van der Waals surface area contributed by atoms with Crippen LogP contribution < -0.4 is 0 Å². The predicted octanol–water partition coefficient (Wildman–Crippen LogP) is 2.79. The number of amides is 1. The first-order chi connectivity index (χ1) is 11.7. The molecule has 1 fully saturated rings. The average Bonchev–Trinajstić information content (AvgIpc) is 3.19. The van der Waals surface area contributed by atoms with E-state index in [1.807, 2.05) is 29.2 Å². The predicted molar refractivity (Wildman–Crippen MR) is 92.4 cm³/mol. The van der Waals surface area contributed by atoms with Crippen LogP contribution in [0.2, 0.25) is 5.02 Å². The maximum atomic E-state index is 12.5. The van der Waals surface area contributed by atoms with Crippen LogP contribution in [0.1, 0.15) is 29.3 Å². The molecule has 0 saturated carbocycles. The van der Waals surface area contributed by atoms with Gasteiger partial charge in [0.05, 0.1) is 6.42 Å². The smallest absolute Gasteiger partial charge is 0.234 e. The number of benzene rings is 1. The summed E-state index contributed by atoms with van der Waals surface area (Å²) in [7, 11) is 0. The van der Waals surface area contributed by atoms with E-state index in [0.29, 0.717) is 17.4 Å². The maximum Gasteiger partial charge on any atom is 0.234 e. The first-order valence-corrected chi connectivity index (χ1v) is 9.07. The number of nitrogens with zero attached hydrogens (tertiary/aromatic N) is 5. The van der Waals surface area contributed by atoms with Gasteiger partial charge in [-0.25, -0.2) is 0 Å². The van der Waals surface area contributed by atoms with Crippen LogP contribution in [0.4, 0.5) is 0 Å². The van der Waals surface area contributed by atoms with Crippen molar-refractivity contribution in [1.82, 2.24) is 24.7 Å². The minimum Gasteiger partial charge on any atom is -0.342 e. The van der Waals surface area contributed by atoms with Gasteiger partial charge in [-0.15, -0.1) is 10.2 Å². The minimum atomic E-state index is 0.175. The fraction of sp³-hybridized carbons (Fsp3) is 0.375. The van der Waals surface area contributed by atoms with Crippen LogP contribution in [-0.2, 0) is 11.2 Å². The van der Waals surface area contributed by atoms with E-state index in [1.54, 1.807) is 22.2 Å². The number of aromatic nitrogens is 4. The molecule has 2 aromatic heterocycles. The molecule has 0 atom stereocenters. The molecule has 0 unspecified atom stereocenters. The maximum absolute atomic E-state index is 12.5. The van der Waals surface area contributed by atoms with Crippen LogP contribution in [-0.4, -0.2) is 43.7 Å². The van der Waals surface area contributed by atoms with Gasteiger partial charge in [0.15, 0.2) is 0 Å². The molecule has 4 rings (SSSR count). The van der Waals surface area contributed by atoms with Gasteiger partial charge >= 0.3 is 0 Å². The van der Waals surface area contributed by atoms with Crippen molar-refractivity contribution in [2.45, 2.75) is 25.2 Å². The summed E-state index contributed by atoms with van der Waals surface area (Å²) in [5, 5.41) is 14.2. The Balaban J connectivity index is 1.36. The van der Waals surface area contributed by atoms with Gasteiger partial charge in [0.25, 0.3) is 0 Å². The Morgan fingerprint density at radius 1 is 1.25 bits per heavy atom. The molecule has 124 valence electrons. The third-order valence-corrected chi connectivity index (χ3v) is 5.70. The Bertz CT molecular complexity index is 822. The molecule has 0 aliphatic carbocycles. The minimum absolute atomic E-state index is 0.175. The summed E-state index contributed by atoms with van der Waals surface area (Å²) < 4.78 is 1.72. The Labute approximate surface area is 148 Å². The van der Waals surface area contributed by atoms with E-state index < -0.39 is 0 Å². The van der Waals surface area contributed by atoms with Crippen LogP contribution in [0, 0.1) is 0 Å². The highest BCUT2D eigenvalue weighted by Crippen LogP contribution is 2.30. The number of likely N-dealkylation sites (tertiary alicyclic amines) is 1. The van der Waals surface area contributed by atoms with Gasteiger partial charge < -0.3 is 4.90 Å². The van der Waals surface area contributed by atoms with Crippen molar-refractivity contribution in [3.8, 4) is 0 Å². The van der Waals surface area contributed by atoms with Gasteiger partial charge in [0.2, 0.25) is 10.9 Å². The van der Waals surface area contributed by atoms with E-state index in [2.05, 4.69) is 15.3 Å². The zero-order chi connectivity index (χ0) is 16.5. The largest absolute Gasteiger partial charge is 0.342 e. The summed E-state index contributed by atoms with van der Waals surface area (Å²) in [6.45, 7) is 1.55. The molecule has 24 heavy (non-hydrogen) atoms. The Morgan fingerprint density at radius 3 is 2.71 bits per heavy atom. The normalized spacial score (nSPS) is 16.0. The summed E-state index contributed by atoms with van der Waals surface area (Å²) in [6, 6.07) is 7.47. The van der Waals surface area contributed by atoms with Crippen molar-refractivity contribution in [2.75, 3.05) is 13.1 Å². The molecule has 1 saturated heterocycles. The SMILES string of the molecule is O=C(Cc1ccc(Cl)cc1)N1CCC(c2nn3cnnc3s2)CC1. The lowest BCUT2D eigenvalue weighted by Crippen LogP contribution is -2.38. The molecule has 1 aliphatic heterocycles. The van der Waals surface area contributed by atoms with Crippen molar-refractivity contribution in [3.63, 3.8) is 0 Å². The zero-order valence-electron chi connectivity index (χ0n) is 12.9. The molecule has 0 spiro atoms. The van der Waals surface area contributed by atoms with Crippen LogP contribution in [0.15, 0.2) is 30.6 Å². The van der Waals surface area contributed by atoms with Crippen molar-refractivity contribution in [3.05, 3.63) is 46.2 Å². The molecule has 1 aliphatic rings. The molecule has 8 heteroatoms. The van der Waals surface area contributed by atoms with Crippen molar-refractivity contribution >= 4 is 33.8 Å². The average molecular weight is 362 g/mol. The lowest BCUT2D eigenvalue weighted by molar-refractivity contribution is -0.131. The molecule has 0 N–H and O–H groups in total. The van der Waals surface area contributed by atoms with E-state index in [0.717, 1.165) is 41.5 Å². The standard InChI is InChI=1S/C16H16ClN5OS/c17-13-3-1-11(2-4-13)9-14(23)21-7-5-12(6-8-21)15-20-22-10-18-19-16(22)24-15/h1-4,10,12H,5-9H2. The lowest BCUT2D eigenvalue weighted by atomic mass is 9.97. The molecule has 0 radical (unpaired) electrons. The van der Waals surface area contributed by atoms with E-state index in [4.69, 9.17) is 11.6 Å². The topological polar surface area (TPSA) is 63.4 Å². The number of hydrogen-bond donors (Lipinski definition) is 0. The third-order valence-electron chi connectivity index (χ3n) is 4.37. The summed E-state index contributed by atoms with van der Waals surface area (Å²) in [5.74, 6) is 0.574. The van der Waals surface area contributed by atoms with E-state index in [9.17, 15) is 4.79 Å². The highest BCUT2D eigenvalue weighted by Gasteiger charge is 2.26. The second-order valence-electron chi connectivity index (χ2n) is 5.96. The molecule has 1 aromatic carbocycles. The quantitative estimate of drug-likeness (QED) is 0.719. The number of carbonyl (C=O) groups is 1. The lowest BCUT2D eigenvalue weighted by Gasteiger charge is -2.31. The van der Waals surface area contributed by atoms with Gasteiger partial charge in [-0.1, -0.05) is 35.1 Å². The number of halogens is 1. The van der Waals surface area contributed by atoms with E-state index >= 15 is 0 Å². The van der Waals surface area contributed by atoms with Crippen LogP contribution in [0.25, 0.3) is 4.96 Å². The molecule has 6 nitrogen and oxygen atoms in total. The number of carbonyl (C=O) groups excluding carboxylic acids is 1. The summed E-state index contributed by atoms with van der Waals surface area (Å²) >= 11 is 7.47. The van der Waals surface area contributed by atoms with Crippen LogP contribution in [0.3, 0.4) is 0 Å². The van der Waals surface area contributed by atoms with Gasteiger partial charge in [-0.2, -0.15) is 9.61 Å². The van der Waals surface area contributed by atoms with Crippen molar-refractivity contribution in [1.29, 1.82) is 0 Å². The van der Waals surface area contributed by atoms with Crippen LogP contribution >= 0.6 is 22.9 Å². The second-order valence-corrected chi connectivity index (χ2v) is 7.38. The van der Waals surface area contributed by atoms with Crippen molar-refractivity contribution in [2.24, 2.45) is 0 Å². The first kappa shape index (κ1) is 15.5. The van der Waals surface area contributed by atoms with Crippen LogP contribution in [0.5, 0.6) is 0 Å². The van der Waals surface area contributed by atoms with E-state index in [1.165, 1.54) is 0 Å². The Morgan fingerprint density at radius 2 is 2.00 bits per heavy atom. The molecule has 3 heterocycles. The molecular weight excluding hydrogens is 346 g/mol. The molecule has 3 aromatic rings. The fourth-order valence-electron chi connectivity index (χ4n) is 3.00. The number of piperidine rings is 1. The molecule has 1 amide bonds. The third kappa shape index (κ3) is 3.14. The summed E-state index contributed by atoms with van der Waals surface area (Å²) in [4.78, 5) is 15.2. The number of fused-ring (bicyclic) bond motifs is 1. The first-order valence-electron chi connectivity index (χ1n) is 7.88. The Hall–Kier alpha value is -1.99. The second kappa shape index (κ2) is 6.49. The number of hydrogen-bond acceptors (Lipinski definition) is 5. The van der Waals surface area contributed by atoms with Gasteiger partial charge in [-0.3, -0.25) is 4.79 Å². The molecule has 0 bridgehead atoms. The van der Waals surface area contributed by atoms with Gasteiger partial charge in [0.1, 0.15) is 11.3 Å². The highest BCUT2D eigenvalue weighted by molar-refractivity contribution is 7.16. The molecular formula is C16H16ClN5OS. The Kier molecular flexibility index (Phi) is 4.20. The highest BCUT2D eigenvalue weighted by atomic mass is 35.5. The summed E-state index contributed by atoms with van der Waals surface area (Å²) in [6.07, 6.45) is 3.94. The monoisotopic (exact) mass is 361 g/mol. The van der Waals surface area contributed by atoms with Crippen molar-refractivity contribution < 1.29 is 4.79 Å². The zero-order valence-corrected chi connectivity index (χ0v) is 14.5. The number of rotatable bonds is 3. The van der Waals surface area contributed by atoms with E-state index in [-0.39, 0.29) is 5.91 Å².